The van der Waals surface area contributed by atoms with Gasteiger partial charge in [0.15, 0.2) is 0 Å². The molecular weight excluding hydrogens is 395 g/mol. The number of nitrogens with one attached hydrogen (secondary N) is 1. The van der Waals surface area contributed by atoms with Gasteiger partial charge in [-0.15, -0.1) is 0 Å². The molecule has 2 aliphatic rings. The fraction of sp³-hybridized carbons (Fsp3) is 0.455. The van der Waals surface area contributed by atoms with E-state index in [1.165, 1.54) is 23.9 Å². The highest BCUT2D eigenvalue weighted by molar-refractivity contribution is 7.99. The van der Waals surface area contributed by atoms with Crippen LogP contribution in [0.3, 0.4) is 0 Å². The lowest BCUT2D eigenvalue weighted by Gasteiger charge is -2.46. The van der Waals surface area contributed by atoms with E-state index in [1.807, 2.05) is 24.3 Å². The number of hydrogen-bond acceptors (Lipinski definition) is 4. The Kier molecular flexibility index (Phi) is 5.82. The molecule has 3 unspecified atom stereocenters. The number of rotatable bonds is 4. The molecular formula is C22H26F3N3S. The smallest absolute Gasteiger partial charge is 0.336 e. The zero-order chi connectivity index (χ0) is 20.6. The number of nitrogens with zero attached hydrogens (tertiary/aromatic N) is 1. The highest BCUT2D eigenvalue weighted by Gasteiger charge is 2.39. The predicted molar refractivity (Wildman–Crippen MR) is 112 cm³/mol. The molecule has 2 aliphatic heterocycles. The van der Waals surface area contributed by atoms with E-state index < -0.39 is 11.7 Å². The van der Waals surface area contributed by atoms with Gasteiger partial charge in [-0.2, -0.15) is 13.2 Å². The largest absolute Gasteiger partial charge is 0.416 e. The molecule has 1 fully saturated rings. The first-order valence-corrected chi connectivity index (χ1v) is 10.9. The van der Waals surface area contributed by atoms with E-state index in [-0.39, 0.29) is 12.0 Å². The molecule has 3 N–H and O–H groups in total. The molecule has 7 heteroatoms. The minimum atomic E-state index is -4.36. The van der Waals surface area contributed by atoms with E-state index in [4.69, 9.17) is 5.73 Å². The fourth-order valence-corrected chi connectivity index (χ4v) is 5.73. The average Bonchev–Trinajstić information content (AvgIpc) is 2.73. The van der Waals surface area contributed by atoms with E-state index in [0.717, 1.165) is 41.4 Å². The minimum absolute atomic E-state index is 0.0700. The highest BCUT2D eigenvalue weighted by Crippen LogP contribution is 2.51. The number of para-hydroxylation sites is 1. The van der Waals surface area contributed by atoms with Crippen LogP contribution < -0.4 is 16.0 Å². The van der Waals surface area contributed by atoms with E-state index in [1.54, 1.807) is 6.07 Å². The van der Waals surface area contributed by atoms with Crippen LogP contribution in [0.15, 0.2) is 52.3 Å². The molecule has 0 amide bonds. The van der Waals surface area contributed by atoms with Gasteiger partial charge >= 0.3 is 6.18 Å². The number of halogens is 3. The summed E-state index contributed by atoms with van der Waals surface area (Å²) in [6.45, 7) is 4.49. The summed E-state index contributed by atoms with van der Waals surface area (Å²) in [7, 11) is 0. The molecule has 0 aliphatic carbocycles. The summed E-state index contributed by atoms with van der Waals surface area (Å²) in [6.07, 6.45) is -2.54. The maximum Gasteiger partial charge on any atom is 0.416 e. The Bertz CT molecular complexity index is 871. The molecule has 0 saturated carbocycles. The normalized spacial score (nSPS) is 22.7. The van der Waals surface area contributed by atoms with Crippen molar-refractivity contribution < 1.29 is 13.2 Å². The Morgan fingerprint density at radius 1 is 1.17 bits per heavy atom. The van der Waals surface area contributed by atoms with Gasteiger partial charge in [0.2, 0.25) is 0 Å². The lowest BCUT2D eigenvalue weighted by Crippen LogP contribution is -2.50. The van der Waals surface area contributed by atoms with Crippen molar-refractivity contribution in [2.24, 2.45) is 17.6 Å². The van der Waals surface area contributed by atoms with Gasteiger partial charge in [0.1, 0.15) is 0 Å². The molecule has 0 spiro atoms. The van der Waals surface area contributed by atoms with Gasteiger partial charge in [0, 0.05) is 22.4 Å². The second-order valence-corrected chi connectivity index (χ2v) is 8.83. The van der Waals surface area contributed by atoms with Gasteiger partial charge in [-0.3, -0.25) is 0 Å². The highest BCUT2D eigenvalue weighted by atomic mass is 32.2. The Morgan fingerprint density at radius 2 is 1.93 bits per heavy atom. The van der Waals surface area contributed by atoms with Crippen LogP contribution in [0.5, 0.6) is 0 Å². The Labute approximate surface area is 173 Å². The topological polar surface area (TPSA) is 41.3 Å². The van der Waals surface area contributed by atoms with Crippen molar-refractivity contribution in [1.82, 2.24) is 5.32 Å². The van der Waals surface area contributed by atoms with Crippen LogP contribution in [0, 0.1) is 11.8 Å². The number of anilines is 2. The van der Waals surface area contributed by atoms with Gasteiger partial charge in [-0.05, 0) is 68.1 Å². The molecule has 0 radical (unpaired) electrons. The van der Waals surface area contributed by atoms with Crippen LogP contribution in [-0.4, -0.2) is 25.7 Å². The van der Waals surface area contributed by atoms with Crippen molar-refractivity contribution in [1.29, 1.82) is 0 Å². The number of fused-ring (bicyclic) bond motifs is 2. The summed E-state index contributed by atoms with van der Waals surface area (Å²) in [5.41, 5.74) is 7.12. The van der Waals surface area contributed by atoms with Gasteiger partial charge in [-0.1, -0.05) is 30.8 Å². The summed E-state index contributed by atoms with van der Waals surface area (Å²) < 4.78 is 40.4. The minimum Gasteiger partial charge on any atom is -0.336 e. The number of benzene rings is 2. The maximum absolute atomic E-state index is 13.5. The van der Waals surface area contributed by atoms with Crippen molar-refractivity contribution >= 4 is 23.1 Å². The Hall–Kier alpha value is -1.70. The lowest BCUT2D eigenvalue weighted by atomic mass is 9.79. The molecule has 2 aromatic rings. The summed E-state index contributed by atoms with van der Waals surface area (Å²) in [5.74, 6) is 0.634. The molecule has 2 heterocycles. The quantitative estimate of drug-likeness (QED) is 0.706. The standard InChI is InChI=1S/C22H26F3N3S/c1-2-17(16-13-27-10-9-14(16)12-26)28-18-5-3-4-6-20(18)29-21-8-7-15(11-19(21)28)22(23,24)25/h3-8,11,14,16-17,27H,2,9-10,12-13,26H2,1H3. The SMILES string of the molecule is CCC(C1CNCCC1CN)N1c2ccccc2Sc2ccc(C(F)(F)F)cc21. The summed E-state index contributed by atoms with van der Waals surface area (Å²) in [4.78, 5) is 4.09. The first kappa shape index (κ1) is 20.6. The second-order valence-electron chi connectivity index (χ2n) is 7.75. The van der Waals surface area contributed by atoms with Crippen LogP contribution in [0.1, 0.15) is 25.3 Å². The van der Waals surface area contributed by atoms with Crippen molar-refractivity contribution in [2.45, 2.75) is 41.8 Å². The molecule has 156 valence electrons. The first-order valence-electron chi connectivity index (χ1n) is 10.1. The van der Waals surface area contributed by atoms with E-state index >= 15 is 0 Å². The Balaban J connectivity index is 1.84. The van der Waals surface area contributed by atoms with Crippen LogP contribution in [-0.2, 0) is 6.18 Å². The summed E-state index contributed by atoms with van der Waals surface area (Å²) >= 11 is 1.54. The van der Waals surface area contributed by atoms with Gasteiger partial charge in [-0.25, -0.2) is 0 Å². The molecule has 29 heavy (non-hydrogen) atoms. The lowest BCUT2D eigenvalue weighted by molar-refractivity contribution is -0.137. The maximum atomic E-state index is 13.5. The van der Waals surface area contributed by atoms with Crippen LogP contribution in [0.25, 0.3) is 0 Å². The monoisotopic (exact) mass is 421 g/mol. The van der Waals surface area contributed by atoms with E-state index in [2.05, 4.69) is 17.1 Å². The second kappa shape index (κ2) is 8.20. The molecule has 4 rings (SSSR count). The van der Waals surface area contributed by atoms with Crippen LogP contribution in [0.4, 0.5) is 24.5 Å². The summed E-state index contributed by atoms with van der Waals surface area (Å²) in [6, 6.07) is 12.2. The molecule has 3 atom stereocenters. The molecule has 2 aromatic carbocycles. The molecule has 1 saturated heterocycles. The van der Waals surface area contributed by atoms with E-state index in [0.29, 0.717) is 18.2 Å². The van der Waals surface area contributed by atoms with Crippen LogP contribution in [0.2, 0.25) is 0 Å². The third-order valence-corrected chi connectivity index (χ3v) is 7.25. The van der Waals surface area contributed by atoms with Gasteiger partial charge in [0.25, 0.3) is 0 Å². The van der Waals surface area contributed by atoms with Crippen molar-refractivity contribution in [3.05, 3.63) is 48.0 Å². The van der Waals surface area contributed by atoms with Crippen molar-refractivity contribution in [2.75, 3.05) is 24.5 Å². The van der Waals surface area contributed by atoms with Gasteiger partial charge < -0.3 is 16.0 Å². The fourth-order valence-electron chi connectivity index (χ4n) is 4.67. The number of piperidine rings is 1. The third kappa shape index (κ3) is 3.88. The number of alkyl halides is 3. The first-order chi connectivity index (χ1) is 13.9. The Morgan fingerprint density at radius 3 is 2.66 bits per heavy atom. The van der Waals surface area contributed by atoms with Gasteiger partial charge in [0.05, 0.1) is 16.9 Å². The molecule has 3 nitrogen and oxygen atoms in total. The van der Waals surface area contributed by atoms with Crippen LogP contribution >= 0.6 is 11.8 Å². The molecule has 0 bridgehead atoms. The predicted octanol–water partition coefficient (Wildman–Crippen LogP) is 5.27. The summed E-state index contributed by atoms with van der Waals surface area (Å²) in [5, 5.41) is 3.47. The van der Waals surface area contributed by atoms with E-state index in [9.17, 15) is 13.2 Å². The zero-order valence-corrected chi connectivity index (χ0v) is 17.2. The number of hydrogen-bond donors (Lipinski definition) is 2. The third-order valence-electron chi connectivity index (χ3n) is 6.11. The number of nitrogens with two attached hydrogens (primary N) is 1. The zero-order valence-electron chi connectivity index (χ0n) is 16.4. The molecule has 0 aromatic heterocycles. The van der Waals surface area contributed by atoms with Crippen molar-refractivity contribution in [3.8, 4) is 0 Å². The van der Waals surface area contributed by atoms with Crippen molar-refractivity contribution in [3.63, 3.8) is 0 Å². The average molecular weight is 422 g/mol.